The summed E-state index contributed by atoms with van der Waals surface area (Å²) in [5, 5.41) is 0. The average Bonchev–Trinajstić information content (AvgIpc) is 3.08. The van der Waals surface area contributed by atoms with Gasteiger partial charge in [0, 0.05) is 26.2 Å². The number of guanidine groups is 1. The summed E-state index contributed by atoms with van der Waals surface area (Å²) in [6.07, 6.45) is 2.69. The monoisotopic (exact) mass is 229 g/mol. The van der Waals surface area contributed by atoms with Crippen molar-refractivity contribution in [2.45, 2.75) is 25.4 Å². The van der Waals surface area contributed by atoms with Crippen molar-refractivity contribution >= 4 is 5.96 Å². The smallest absolute Gasteiger partial charge is 0.197 e. The largest absolute Gasteiger partial charge is 0.342 e. The van der Waals surface area contributed by atoms with Crippen LogP contribution in [0.25, 0.3) is 0 Å². The van der Waals surface area contributed by atoms with Gasteiger partial charge in [0.1, 0.15) is 0 Å². The first-order chi connectivity index (χ1) is 8.34. The van der Waals surface area contributed by atoms with E-state index in [2.05, 4.69) is 52.2 Å². The zero-order valence-corrected chi connectivity index (χ0v) is 10.3. The summed E-state index contributed by atoms with van der Waals surface area (Å²) < 4.78 is 0. The van der Waals surface area contributed by atoms with Gasteiger partial charge < -0.3 is 9.80 Å². The summed E-state index contributed by atoms with van der Waals surface area (Å²) in [5.41, 5.74) is 1.35. The van der Waals surface area contributed by atoms with Crippen molar-refractivity contribution in [2.24, 2.45) is 4.99 Å². The molecule has 0 N–H and O–H groups in total. The van der Waals surface area contributed by atoms with E-state index in [1.165, 1.54) is 24.4 Å². The normalized spacial score (nSPS) is 19.4. The minimum atomic E-state index is 0.773. The molecule has 3 rings (SSSR count). The Kier molecular flexibility index (Phi) is 2.75. The number of aliphatic imine (C=N–C) groups is 1. The van der Waals surface area contributed by atoms with E-state index >= 15 is 0 Å². The number of benzene rings is 1. The van der Waals surface area contributed by atoms with Crippen molar-refractivity contribution in [3.8, 4) is 0 Å². The van der Waals surface area contributed by atoms with Crippen molar-refractivity contribution in [3.05, 3.63) is 35.9 Å². The second-order valence-corrected chi connectivity index (χ2v) is 4.95. The minimum Gasteiger partial charge on any atom is -0.342 e. The molecule has 0 radical (unpaired) electrons. The van der Waals surface area contributed by atoms with Crippen LogP contribution < -0.4 is 0 Å². The maximum Gasteiger partial charge on any atom is 0.197 e. The SMILES string of the molecule is CN(Cc1ccccc1)C1=NCCN1C1CC1. The maximum atomic E-state index is 4.64. The Morgan fingerprint density at radius 2 is 2.06 bits per heavy atom. The summed E-state index contributed by atoms with van der Waals surface area (Å²) >= 11 is 0. The molecule has 1 saturated carbocycles. The highest BCUT2D eigenvalue weighted by Crippen LogP contribution is 2.29. The van der Waals surface area contributed by atoms with Gasteiger partial charge >= 0.3 is 0 Å². The van der Waals surface area contributed by atoms with Gasteiger partial charge in [-0.05, 0) is 18.4 Å². The van der Waals surface area contributed by atoms with Crippen molar-refractivity contribution in [1.82, 2.24) is 9.80 Å². The molecule has 0 atom stereocenters. The van der Waals surface area contributed by atoms with Crippen LogP contribution in [0.4, 0.5) is 0 Å². The lowest BCUT2D eigenvalue weighted by molar-refractivity contribution is 0.365. The minimum absolute atomic E-state index is 0.773. The van der Waals surface area contributed by atoms with Crippen LogP contribution in [0.15, 0.2) is 35.3 Å². The van der Waals surface area contributed by atoms with Crippen LogP contribution in [0.5, 0.6) is 0 Å². The van der Waals surface area contributed by atoms with Gasteiger partial charge in [0.15, 0.2) is 5.96 Å². The number of rotatable bonds is 3. The molecule has 1 fully saturated rings. The van der Waals surface area contributed by atoms with Crippen LogP contribution in [0.1, 0.15) is 18.4 Å². The van der Waals surface area contributed by atoms with Gasteiger partial charge in [0.2, 0.25) is 0 Å². The second-order valence-electron chi connectivity index (χ2n) is 4.95. The molecule has 17 heavy (non-hydrogen) atoms. The number of hydrogen-bond acceptors (Lipinski definition) is 3. The molecule has 2 aliphatic rings. The first-order valence-electron chi connectivity index (χ1n) is 6.41. The van der Waals surface area contributed by atoms with E-state index in [-0.39, 0.29) is 0 Å². The molecule has 0 unspecified atom stereocenters. The van der Waals surface area contributed by atoms with Gasteiger partial charge in [-0.3, -0.25) is 4.99 Å². The predicted molar refractivity (Wildman–Crippen MR) is 69.9 cm³/mol. The van der Waals surface area contributed by atoms with Crippen molar-refractivity contribution in [1.29, 1.82) is 0 Å². The van der Waals surface area contributed by atoms with E-state index in [0.717, 1.165) is 25.7 Å². The van der Waals surface area contributed by atoms with E-state index < -0.39 is 0 Å². The lowest BCUT2D eigenvalue weighted by atomic mass is 10.2. The Balaban J connectivity index is 1.67. The summed E-state index contributed by atoms with van der Waals surface area (Å²) in [6.45, 7) is 3.02. The molecule has 0 bridgehead atoms. The van der Waals surface area contributed by atoms with E-state index in [4.69, 9.17) is 0 Å². The third kappa shape index (κ3) is 2.28. The topological polar surface area (TPSA) is 18.8 Å². The number of nitrogens with zero attached hydrogens (tertiary/aromatic N) is 3. The molecule has 1 aromatic carbocycles. The molecule has 1 heterocycles. The lowest BCUT2D eigenvalue weighted by Gasteiger charge is -2.27. The summed E-state index contributed by atoms with van der Waals surface area (Å²) in [6, 6.07) is 11.4. The third-order valence-corrected chi connectivity index (χ3v) is 3.44. The highest BCUT2D eigenvalue weighted by atomic mass is 15.4. The van der Waals surface area contributed by atoms with Crippen LogP contribution in [0.2, 0.25) is 0 Å². The summed E-state index contributed by atoms with van der Waals surface area (Å²) in [4.78, 5) is 9.40. The highest BCUT2D eigenvalue weighted by molar-refractivity contribution is 5.82. The molecule has 0 spiro atoms. The van der Waals surface area contributed by atoms with Crippen LogP contribution in [0, 0.1) is 0 Å². The van der Waals surface area contributed by atoms with Gasteiger partial charge in [0.25, 0.3) is 0 Å². The first kappa shape index (κ1) is 10.6. The average molecular weight is 229 g/mol. The Morgan fingerprint density at radius 1 is 1.29 bits per heavy atom. The van der Waals surface area contributed by atoms with Gasteiger partial charge in [-0.15, -0.1) is 0 Å². The zero-order chi connectivity index (χ0) is 11.7. The Bertz CT molecular complexity index is 409. The van der Waals surface area contributed by atoms with Crippen LogP contribution in [-0.4, -0.2) is 41.9 Å². The fourth-order valence-electron chi connectivity index (χ4n) is 2.45. The first-order valence-corrected chi connectivity index (χ1v) is 6.41. The van der Waals surface area contributed by atoms with Crippen molar-refractivity contribution in [2.75, 3.05) is 20.1 Å². The fourth-order valence-corrected chi connectivity index (χ4v) is 2.45. The molecule has 1 aliphatic heterocycles. The quantitative estimate of drug-likeness (QED) is 0.789. The van der Waals surface area contributed by atoms with Crippen LogP contribution >= 0.6 is 0 Å². The van der Waals surface area contributed by atoms with Crippen molar-refractivity contribution < 1.29 is 0 Å². The molecular formula is C14H19N3. The Labute approximate surface area is 103 Å². The molecule has 0 saturated heterocycles. The van der Waals surface area contributed by atoms with Crippen molar-refractivity contribution in [3.63, 3.8) is 0 Å². The lowest BCUT2D eigenvalue weighted by Crippen LogP contribution is -2.40. The Hall–Kier alpha value is -1.51. The van der Waals surface area contributed by atoms with Gasteiger partial charge in [-0.25, -0.2) is 0 Å². The molecule has 3 heteroatoms. The second kappa shape index (κ2) is 4.40. The maximum absolute atomic E-state index is 4.64. The molecule has 0 aromatic heterocycles. The molecular weight excluding hydrogens is 210 g/mol. The standard InChI is InChI=1S/C14H19N3/c1-16(11-12-5-3-2-4-6-12)14-15-9-10-17(14)13-7-8-13/h2-6,13H,7-11H2,1H3. The molecule has 90 valence electrons. The fraction of sp³-hybridized carbons (Fsp3) is 0.500. The van der Waals surface area contributed by atoms with Crippen LogP contribution in [-0.2, 0) is 6.54 Å². The zero-order valence-electron chi connectivity index (χ0n) is 10.3. The summed E-state index contributed by atoms with van der Waals surface area (Å²) in [7, 11) is 2.15. The Morgan fingerprint density at radius 3 is 2.76 bits per heavy atom. The molecule has 1 aromatic rings. The van der Waals surface area contributed by atoms with E-state index in [1.54, 1.807) is 0 Å². The van der Waals surface area contributed by atoms with E-state index in [1.807, 2.05) is 0 Å². The third-order valence-electron chi connectivity index (χ3n) is 3.44. The summed E-state index contributed by atoms with van der Waals surface area (Å²) in [5.74, 6) is 1.19. The van der Waals surface area contributed by atoms with E-state index in [9.17, 15) is 0 Å². The highest BCUT2D eigenvalue weighted by Gasteiger charge is 2.34. The predicted octanol–water partition coefficient (Wildman–Crippen LogP) is 1.95. The molecule has 1 aliphatic carbocycles. The number of hydrogen-bond donors (Lipinski definition) is 0. The van der Waals surface area contributed by atoms with E-state index in [0.29, 0.717) is 0 Å². The molecule has 0 amide bonds. The molecule has 3 nitrogen and oxygen atoms in total. The van der Waals surface area contributed by atoms with Gasteiger partial charge in [-0.1, -0.05) is 30.3 Å². The van der Waals surface area contributed by atoms with Crippen LogP contribution in [0.3, 0.4) is 0 Å². The van der Waals surface area contributed by atoms with Gasteiger partial charge in [-0.2, -0.15) is 0 Å². The van der Waals surface area contributed by atoms with Gasteiger partial charge in [0.05, 0.1) is 6.54 Å².